The molecule has 0 saturated carbocycles. The molecule has 0 bridgehead atoms. The Morgan fingerprint density at radius 3 is 2.44 bits per heavy atom. The molecular weight excluding hydrogens is 561 g/mol. The number of carbonyl (C=O) groups excluding carboxylic acids is 2. The fourth-order valence-corrected chi connectivity index (χ4v) is 5.79. The standard InChI is InChI=1S/C28H30ClF3N6O3/c1-14(2)37-24(39)10-19(11-33-37)17(5)36-12-16(4)38-25(27(36)41)20-13-35(15(3)8-23(20)34-38)26(40)18-6-7-22(29)21(9-18)28(30,31)32/h6-7,9-11,14-17H,8,12-13H2,1-5H3/t15-,16-,17-/m1/s1. The van der Waals surface area contributed by atoms with Crippen molar-refractivity contribution in [3.63, 3.8) is 0 Å². The van der Waals surface area contributed by atoms with Gasteiger partial charge in [-0.05, 0) is 58.4 Å². The first-order chi connectivity index (χ1) is 19.2. The lowest BCUT2D eigenvalue weighted by atomic mass is 9.96. The monoisotopic (exact) mass is 590 g/mol. The fraction of sp³-hybridized carbons (Fsp3) is 0.464. The lowest BCUT2D eigenvalue weighted by molar-refractivity contribution is -0.137. The second kappa shape index (κ2) is 10.3. The first kappa shape index (κ1) is 28.8. The molecule has 1 aromatic carbocycles. The molecule has 3 atom stereocenters. The predicted molar refractivity (Wildman–Crippen MR) is 145 cm³/mol. The van der Waals surface area contributed by atoms with E-state index < -0.39 is 28.7 Å². The van der Waals surface area contributed by atoms with Gasteiger partial charge in [0.25, 0.3) is 17.4 Å². The topological polar surface area (TPSA) is 93.3 Å². The van der Waals surface area contributed by atoms with Crippen LogP contribution in [0, 0.1) is 0 Å². The molecule has 2 amide bonds. The minimum Gasteiger partial charge on any atom is -0.331 e. The molecule has 2 aliphatic heterocycles. The van der Waals surface area contributed by atoms with Crippen LogP contribution in [0.2, 0.25) is 5.02 Å². The van der Waals surface area contributed by atoms with Gasteiger partial charge in [0.1, 0.15) is 5.69 Å². The zero-order chi connectivity index (χ0) is 30.0. The maximum absolute atomic E-state index is 13.9. The Labute approximate surface area is 239 Å². The molecule has 218 valence electrons. The van der Waals surface area contributed by atoms with E-state index in [0.717, 1.165) is 12.1 Å². The number of amides is 2. The van der Waals surface area contributed by atoms with Crippen molar-refractivity contribution in [3.05, 3.63) is 79.5 Å². The number of hydrogen-bond donors (Lipinski definition) is 0. The molecule has 0 aliphatic carbocycles. The Bertz CT molecular complexity index is 1600. The number of rotatable bonds is 4. The summed E-state index contributed by atoms with van der Waals surface area (Å²) in [4.78, 5) is 43.1. The largest absolute Gasteiger partial charge is 0.417 e. The highest BCUT2D eigenvalue weighted by atomic mass is 35.5. The molecule has 9 nitrogen and oxygen atoms in total. The predicted octanol–water partition coefficient (Wildman–Crippen LogP) is 5.06. The van der Waals surface area contributed by atoms with Crippen LogP contribution in [0.1, 0.15) is 96.0 Å². The van der Waals surface area contributed by atoms with Crippen LogP contribution in [-0.4, -0.2) is 53.8 Å². The van der Waals surface area contributed by atoms with Crippen LogP contribution >= 0.6 is 11.6 Å². The normalized spacial score (nSPS) is 19.8. The summed E-state index contributed by atoms with van der Waals surface area (Å²) in [5.41, 5.74) is 0.708. The van der Waals surface area contributed by atoms with E-state index in [1.165, 1.54) is 21.7 Å². The van der Waals surface area contributed by atoms with Gasteiger partial charge in [0.05, 0.1) is 47.1 Å². The third kappa shape index (κ3) is 5.02. The summed E-state index contributed by atoms with van der Waals surface area (Å²) in [6.07, 6.45) is -2.78. The molecule has 0 fully saturated rings. The van der Waals surface area contributed by atoms with Gasteiger partial charge in [0.2, 0.25) is 0 Å². The average Bonchev–Trinajstić information content (AvgIpc) is 3.28. The van der Waals surface area contributed by atoms with Crippen molar-refractivity contribution in [3.8, 4) is 0 Å². The zero-order valence-electron chi connectivity index (χ0n) is 23.2. The highest BCUT2D eigenvalue weighted by Crippen LogP contribution is 2.37. The van der Waals surface area contributed by atoms with Gasteiger partial charge in [0, 0.05) is 36.2 Å². The molecule has 0 unspecified atom stereocenters. The van der Waals surface area contributed by atoms with Crippen LogP contribution in [0.25, 0.3) is 0 Å². The van der Waals surface area contributed by atoms with Crippen LogP contribution in [0.3, 0.4) is 0 Å². The van der Waals surface area contributed by atoms with Gasteiger partial charge in [-0.2, -0.15) is 23.4 Å². The van der Waals surface area contributed by atoms with E-state index in [4.69, 9.17) is 16.7 Å². The van der Waals surface area contributed by atoms with Crippen LogP contribution < -0.4 is 5.56 Å². The van der Waals surface area contributed by atoms with Crippen molar-refractivity contribution < 1.29 is 22.8 Å². The van der Waals surface area contributed by atoms with E-state index in [0.29, 0.717) is 35.5 Å². The number of halogens is 4. The van der Waals surface area contributed by atoms with Gasteiger partial charge in [0.15, 0.2) is 0 Å². The lowest BCUT2D eigenvalue weighted by Crippen LogP contribution is -2.46. The minimum absolute atomic E-state index is 0.0152. The summed E-state index contributed by atoms with van der Waals surface area (Å²) in [7, 11) is 0. The molecule has 5 rings (SSSR count). The molecule has 4 heterocycles. The maximum atomic E-state index is 13.9. The maximum Gasteiger partial charge on any atom is 0.417 e. The molecule has 41 heavy (non-hydrogen) atoms. The van der Waals surface area contributed by atoms with E-state index in [-0.39, 0.29) is 41.7 Å². The van der Waals surface area contributed by atoms with Crippen LogP contribution in [0.5, 0.6) is 0 Å². The minimum atomic E-state index is -4.71. The van der Waals surface area contributed by atoms with E-state index in [2.05, 4.69) is 5.10 Å². The summed E-state index contributed by atoms with van der Waals surface area (Å²) >= 11 is 5.75. The van der Waals surface area contributed by atoms with E-state index in [1.54, 1.807) is 22.7 Å². The molecule has 2 aromatic heterocycles. The van der Waals surface area contributed by atoms with Crippen LogP contribution in [0.4, 0.5) is 13.2 Å². The number of hydrogen-bond acceptors (Lipinski definition) is 5. The first-order valence-electron chi connectivity index (χ1n) is 13.4. The number of alkyl halides is 3. The Kier molecular flexibility index (Phi) is 7.25. The van der Waals surface area contributed by atoms with Gasteiger partial charge in [-0.1, -0.05) is 11.6 Å². The molecule has 13 heteroatoms. The van der Waals surface area contributed by atoms with Crippen molar-refractivity contribution in [2.24, 2.45) is 0 Å². The third-order valence-corrected chi connectivity index (χ3v) is 8.18. The van der Waals surface area contributed by atoms with Gasteiger partial charge in [-0.25, -0.2) is 4.68 Å². The highest BCUT2D eigenvalue weighted by Gasteiger charge is 2.41. The molecule has 0 spiro atoms. The quantitative estimate of drug-likeness (QED) is 0.424. The summed E-state index contributed by atoms with van der Waals surface area (Å²) < 4.78 is 43.4. The van der Waals surface area contributed by atoms with Gasteiger partial charge >= 0.3 is 6.18 Å². The number of fused-ring (bicyclic) bond motifs is 3. The zero-order valence-corrected chi connectivity index (χ0v) is 24.0. The van der Waals surface area contributed by atoms with Gasteiger partial charge in [-0.15, -0.1) is 0 Å². The van der Waals surface area contributed by atoms with Crippen molar-refractivity contribution in [2.75, 3.05) is 6.54 Å². The number of aromatic nitrogens is 4. The first-order valence-corrected chi connectivity index (χ1v) is 13.7. The molecule has 2 aliphatic rings. The highest BCUT2D eigenvalue weighted by molar-refractivity contribution is 6.31. The Hall–Kier alpha value is -3.67. The molecular formula is C28H30ClF3N6O3. The van der Waals surface area contributed by atoms with Gasteiger partial charge in [-0.3, -0.25) is 19.1 Å². The number of carbonyl (C=O) groups is 2. The van der Waals surface area contributed by atoms with E-state index in [9.17, 15) is 27.6 Å². The summed E-state index contributed by atoms with van der Waals surface area (Å²) in [5.74, 6) is -0.895. The molecule has 0 radical (unpaired) electrons. The average molecular weight is 591 g/mol. The SMILES string of the molecule is CC(C)n1ncc([C@@H](C)N2C[C@@H](C)n3nc4c(c3C2=O)CN(C(=O)c2ccc(Cl)c(C(F)(F)F)c2)[C@H](C)C4)cc1=O. The van der Waals surface area contributed by atoms with Crippen LogP contribution in [0.15, 0.2) is 35.3 Å². The summed E-state index contributed by atoms with van der Waals surface area (Å²) in [5, 5.41) is 8.48. The van der Waals surface area contributed by atoms with E-state index >= 15 is 0 Å². The summed E-state index contributed by atoms with van der Waals surface area (Å²) in [6.45, 7) is 9.64. The lowest BCUT2D eigenvalue weighted by Gasteiger charge is -2.37. The van der Waals surface area contributed by atoms with Crippen molar-refractivity contribution in [1.82, 2.24) is 29.4 Å². The number of nitrogens with zero attached hydrogens (tertiary/aromatic N) is 6. The summed E-state index contributed by atoms with van der Waals surface area (Å²) in [6, 6.07) is 3.47. The van der Waals surface area contributed by atoms with E-state index in [1.807, 2.05) is 27.7 Å². The van der Waals surface area contributed by atoms with Crippen LogP contribution in [-0.2, 0) is 19.1 Å². The second-order valence-electron chi connectivity index (χ2n) is 11.0. The number of benzene rings is 1. The Balaban J connectivity index is 1.47. The molecule has 0 N–H and O–H groups in total. The second-order valence-corrected chi connectivity index (χ2v) is 11.5. The van der Waals surface area contributed by atoms with Crippen molar-refractivity contribution in [2.45, 2.75) is 77.9 Å². The Morgan fingerprint density at radius 2 is 1.80 bits per heavy atom. The van der Waals surface area contributed by atoms with Crippen molar-refractivity contribution in [1.29, 1.82) is 0 Å². The molecule has 3 aromatic rings. The Morgan fingerprint density at radius 1 is 1.10 bits per heavy atom. The van der Waals surface area contributed by atoms with Crippen molar-refractivity contribution >= 4 is 23.4 Å². The smallest absolute Gasteiger partial charge is 0.331 e. The fourth-order valence-electron chi connectivity index (χ4n) is 5.56. The third-order valence-electron chi connectivity index (χ3n) is 7.85. The van der Waals surface area contributed by atoms with Gasteiger partial charge < -0.3 is 9.80 Å². The molecule has 0 saturated heterocycles.